The molecule has 0 spiro atoms. The number of ether oxygens (including phenoxy) is 2. The van der Waals surface area contributed by atoms with Crippen LogP contribution in [-0.2, 0) is 10.0 Å². The smallest absolute Gasteiger partial charge is 0.255 e. The van der Waals surface area contributed by atoms with Crippen molar-refractivity contribution in [2.45, 2.75) is 20.0 Å². The number of benzene rings is 2. The molecule has 0 fully saturated rings. The van der Waals surface area contributed by atoms with Crippen LogP contribution < -0.4 is 19.5 Å². The molecule has 2 N–H and O–H groups in total. The van der Waals surface area contributed by atoms with Crippen LogP contribution in [0, 0.1) is 0 Å². The maximum Gasteiger partial charge on any atom is 0.255 e. The molecule has 7 nitrogen and oxygen atoms in total. The number of carbonyl (C=O) groups is 1. The lowest BCUT2D eigenvalue weighted by atomic mass is 10.2. The Morgan fingerprint density at radius 1 is 1.08 bits per heavy atom. The number of hydrogen-bond donors (Lipinski definition) is 2. The molecule has 2 aromatic carbocycles. The van der Waals surface area contributed by atoms with Gasteiger partial charge >= 0.3 is 0 Å². The zero-order valence-electron chi connectivity index (χ0n) is 15.1. The van der Waals surface area contributed by atoms with Crippen molar-refractivity contribution in [2.75, 3.05) is 23.4 Å². The lowest BCUT2D eigenvalue weighted by Crippen LogP contribution is -2.15. The van der Waals surface area contributed by atoms with Crippen LogP contribution in [0.1, 0.15) is 24.2 Å². The minimum Gasteiger partial charge on any atom is -0.497 e. The molecule has 8 heteroatoms. The fourth-order valence-electron chi connectivity index (χ4n) is 2.18. The van der Waals surface area contributed by atoms with Gasteiger partial charge in [0.15, 0.2) is 0 Å². The second-order valence-corrected chi connectivity index (χ2v) is 7.68. The van der Waals surface area contributed by atoms with Crippen molar-refractivity contribution in [1.29, 1.82) is 0 Å². The van der Waals surface area contributed by atoms with Crippen molar-refractivity contribution in [3.05, 3.63) is 48.0 Å². The highest BCUT2D eigenvalue weighted by Crippen LogP contribution is 2.30. The molecule has 0 saturated heterocycles. The Hall–Kier alpha value is -2.74. The summed E-state index contributed by atoms with van der Waals surface area (Å²) in [6.07, 6.45) is 0.897. The van der Waals surface area contributed by atoms with E-state index in [1.54, 1.807) is 49.6 Å². The minimum absolute atomic E-state index is 0.164. The molecular weight excluding hydrogens is 356 g/mol. The highest BCUT2D eigenvalue weighted by Gasteiger charge is 2.13. The predicted octanol–water partition coefficient (Wildman–Crippen LogP) is 3.11. The van der Waals surface area contributed by atoms with Gasteiger partial charge in [-0.15, -0.1) is 0 Å². The summed E-state index contributed by atoms with van der Waals surface area (Å²) in [4.78, 5) is 12.4. The Kier molecular flexibility index (Phi) is 6.10. The van der Waals surface area contributed by atoms with Gasteiger partial charge in [-0.3, -0.25) is 9.52 Å². The molecule has 1 amide bonds. The second kappa shape index (κ2) is 8.09. The predicted molar refractivity (Wildman–Crippen MR) is 102 cm³/mol. The van der Waals surface area contributed by atoms with Crippen molar-refractivity contribution in [1.82, 2.24) is 0 Å². The zero-order chi connectivity index (χ0) is 19.3. The summed E-state index contributed by atoms with van der Waals surface area (Å²) < 4.78 is 36.1. The summed E-state index contributed by atoms with van der Waals surface area (Å²) in [7, 11) is -1.90. The maximum absolute atomic E-state index is 12.4. The largest absolute Gasteiger partial charge is 0.497 e. The van der Waals surface area contributed by atoms with Crippen molar-refractivity contribution < 1.29 is 22.7 Å². The Morgan fingerprint density at radius 2 is 1.73 bits per heavy atom. The fourth-order valence-corrected chi connectivity index (χ4v) is 2.75. The Labute approximate surface area is 153 Å². The molecular formula is C18H22N2O5S. The number of anilines is 2. The van der Waals surface area contributed by atoms with E-state index in [0.29, 0.717) is 28.4 Å². The zero-order valence-corrected chi connectivity index (χ0v) is 15.9. The Bertz CT molecular complexity index is 877. The van der Waals surface area contributed by atoms with Crippen LogP contribution in [0.2, 0.25) is 0 Å². The van der Waals surface area contributed by atoms with Crippen LogP contribution in [0.25, 0.3) is 0 Å². The summed E-state index contributed by atoms with van der Waals surface area (Å²) in [5.74, 6) is 0.690. The molecule has 2 aromatic rings. The standard InChI is InChI=1S/C18H22N2O5S/c1-12(2)25-17-11-14(7-10-16(17)20-26(4,22)23)19-18(21)13-5-8-15(24-3)9-6-13/h5-12,20H,1-4H3,(H,19,21). The van der Waals surface area contributed by atoms with E-state index in [2.05, 4.69) is 10.0 Å². The number of methoxy groups -OCH3 is 1. The average Bonchev–Trinajstić information content (AvgIpc) is 2.55. The second-order valence-electron chi connectivity index (χ2n) is 5.93. The van der Waals surface area contributed by atoms with E-state index in [1.165, 1.54) is 0 Å². The summed E-state index contributed by atoms with van der Waals surface area (Å²) in [6.45, 7) is 3.65. The molecule has 140 valence electrons. The summed E-state index contributed by atoms with van der Waals surface area (Å²) in [5.41, 5.74) is 1.26. The maximum atomic E-state index is 12.4. The molecule has 0 bridgehead atoms. The first kappa shape index (κ1) is 19.6. The van der Waals surface area contributed by atoms with Crippen LogP contribution in [0.3, 0.4) is 0 Å². The number of nitrogens with one attached hydrogen (secondary N) is 2. The molecule has 0 aliphatic carbocycles. The van der Waals surface area contributed by atoms with E-state index in [0.717, 1.165) is 6.26 Å². The van der Waals surface area contributed by atoms with Crippen LogP contribution >= 0.6 is 0 Å². The summed E-state index contributed by atoms with van der Waals surface area (Å²) >= 11 is 0. The van der Waals surface area contributed by atoms with Gasteiger partial charge in [-0.05, 0) is 50.2 Å². The fraction of sp³-hybridized carbons (Fsp3) is 0.278. The number of amides is 1. The number of sulfonamides is 1. The SMILES string of the molecule is COc1ccc(C(=O)Nc2ccc(NS(C)(=O)=O)c(OC(C)C)c2)cc1. The summed E-state index contributed by atoms with van der Waals surface area (Å²) in [5, 5.41) is 2.76. The first-order chi connectivity index (χ1) is 12.2. The third-order valence-electron chi connectivity index (χ3n) is 3.25. The molecule has 0 aliphatic rings. The van der Waals surface area contributed by atoms with Gasteiger partial charge in [-0.25, -0.2) is 8.42 Å². The van der Waals surface area contributed by atoms with Crippen LogP contribution in [0.15, 0.2) is 42.5 Å². The van der Waals surface area contributed by atoms with Gasteiger partial charge < -0.3 is 14.8 Å². The highest BCUT2D eigenvalue weighted by molar-refractivity contribution is 7.92. The highest BCUT2D eigenvalue weighted by atomic mass is 32.2. The van der Waals surface area contributed by atoms with Crippen molar-refractivity contribution >= 4 is 27.3 Å². The van der Waals surface area contributed by atoms with E-state index in [-0.39, 0.29) is 12.0 Å². The van der Waals surface area contributed by atoms with E-state index < -0.39 is 10.0 Å². The average molecular weight is 378 g/mol. The van der Waals surface area contributed by atoms with Gasteiger partial charge in [0, 0.05) is 17.3 Å². The van der Waals surface area contributed by atoms with Gasteiger partial charge in [0.25, 0.3) is 5.91 Å². The number of hydrogen-bond acceptors (Lipinski definition) is 5. The first-order valence-electron chi connectivity index (χ1n) is 7.92. The van der Waals surface area contributed by atoms with Gasteiger partial charge in [0.05, 0.1) is 25.2 Å². The normalized spacial score (nSPS) is 11.1. The number of carbonyl (C=O) groups excluding carboxylic acids is 1. The van der Waals surface area contributed by atoms with Crippen molar-refractivity contribution in [2.24, 2.45) is 0 Å². The molecule has 0 radical (unpaired) electrons. The van der Waals surface area contributed by atoms with E-state index >= 15 is 0 Å². The third kappa shape index (κ3) is 5.66. The van der Waals surface area contributed by atoms with E-state index in [9.17, 15) is 13.2 Å². The molecule has 0 atom stereocenters. The molecule has 0 aliphatic heterocycles. The summed E-state index contributed by atoms with van der Waals surface area (Å²) in [6, 6.07) is 11.4. The van der Waals surface area contributed by atoms with Crippen LogP contribution in [0.5, 0.6) is 11.5 Å². The molecule has 2 rings (SSSR count). The first-order valence-corrected chi connectivity index (χ1v) is 9.81. The minimum atomic E-state index is -3.45. The van der Waals surface area contributed by atoms with Crippen molar-refractivity contribution in [3.63, 3.8) is 0 Å². The topological polar surface area (TPSA) is 93.7 Å². The third-order valence-corrected chi connectivity index (χ3v) is 3.84. The Balaban J connectivity index is 2.24. The molecule has 0 unspecified atom stereocenters. The molecule has 0 saturated carbocycles. The van der Waals surface area contributed by atoms with Gasteiger partial charge in [0.2, 0.25) is 10.0 Å². The van der Waals surface area contributed by atoms with Gasteiger partial charge in [-0.1, -0.05) is 0 Å². The number of rotatable bonds is 7. The van der Waals surface area contributed by atoms with Gasteiger partial charge in [-0.2, -0.15) is 0 Å². The molecule has 26 heavy (non-hydrogen) atoms. The monoisotopic (exact) mass is 378 g/mol. The lowest BCUT2D eigenvalue weighted by Gasteiger charge is -2.16. The lowest BCUT2D eigenvalue weighted by molar-refractivity contribution is 0.102. The van der Waals surface area contributed by atoms with Crippen LogP contribution in [-0.4, -0.2) is 33.8 Å². The van der Waals surface area contributed by atoms with Crippen LogP contribution in [0.4, 0.5) is 11.4 Å². The molecule has 0 aromatic heterocycles. The quantitative estimate of drug-likeness (QED) is 0.772. The van der Waals surface area contributed by atoms with E-state index in [1.807, 2.05) is 13.8 Å². The van der Waals surface area contributed by atoms with Gasteiger partial charge in [0.1, 0.15) is 11.5 Å². The van der Waals surface area contributed by atoms with Crippen molar-refractivity contribution in [3.8, 4) is 11.5 Å². The Morgan fingerprint density at radius 3 is 2.27 bits per heavy atom. The van der Waals surface area contributed by atoms with E-state index in [4.69, 9.17) is 9.47 Å². The molecule has 0 heterocycles.